The molecular formula is C6H8ClNS. The van der Waals surface area contributed by atoms with Crippen molar-refractivity contribution < 1.29 is 0 Å². The minimum Gasteiger partial charge on any atom is -0.324 e. The third-order valence-corrected chi connectivity index (χ3v) is 2.22. The molecule has 0 amide bonds. The van der Waals surface area contributed by atoms with Crippen molar-refractivity contribution >= 4 is 22.9 Å². The summed E-state index contributed by atoms with van der Waals surface area (Å²) in [7, 11) is 0. The van der Waals surface area contributed by atoms with Crippen molar-refractivity contribution in [1.29, 1.82) is 0 Å². The van der Waals surface area contributed by atoms with Crippen LogP contribution in [0.4, 0.5) is 0 Å². The van der Waals surface area contributed by atoms with Crippen molar-refractivity contribution in [3.05, 3.63) is 21.3 Å². The molecule has 0 aliphatic heterocycles. The number of halogens is 1. The summed E-state index contributed by atoms with van der Waals surface area (Å²) in [6.07, 6.45) is 0. The average Bonchev–Trinajstić information content (AvgIpc) is 2.14. The molecule has 0 spiro atoms. The molecule has 1 aromatic rings. The molecule has 0 aliphatic rings. The van der Waals surface area contributed by atoms with Gasteiger partial charge in [0.2, 0.25) is 0 Å². The van der Waals surface area contributed by atoms with Crippen molar-refractivity contribution in [2.45, 2.75) is 13.0 Å². The van der Waals surface area contributed by atoms with Gasteiger partial charge in [0.15, 0.2) is 0 Å². The summed E-state index contributed by atoms with van der Waals surface area (Å²) >= 11 is 7.19. The summed E-state index contributed by atoms with van der Waals surface area (Å²) in [4.78, 5) is 0. The predicted molar refractivity (Wildman–Crippen MR) is 41.9 cm³/mol. The lowest BCUT2D eigenvalue weighted by atomic mass is 10.2. The van der Waals surface area contributed by atoms with Gasteiger partial charge in [-0.05, 0) is 23.9 Å². The van der Waals surface area contributed by atoms with Gasteiger partial charge in [0, 0.05) is 6.04 Å². The maximum Gasteiger partial charge on any atom is 0.0931 e. The van der Waals surface area contributed by atoms with E-state index < -0.39 is 0 Å². The van der Waals surface area contributed by atoms with Gasteiger partial charge < -0.3 is 5.73 Å². The van der Waals surface area contributed by atoms with E-state index in [0.717, 1.165) is 9.90 Å². The van der Waals surface area contributed by atoms with Gasteiger partial charge in [-0.2, -0.15) is 0 Å². The highest BCUT2D eigenvalue weighted by Crippen LogP contribution is 2.23. The van der Waals surface area contributed by atoms with Crippen LogP contribution in [0, 0.1) is 0 Å². The fourth-order valence-corrected chi connectivity index (χ4v) is 1.56. The van der Waals surface area contributed by atoms with E-state index in [-0.39, 0.29) is 6.04 Å². The van der Waals surface area contributed by atoms with Gasteiger partial charge >= 0.3 is 0 Å². The maximum atomic E-state index is 5.67. The van der Waals surface area contributed by atoms with E-state index >= 15 is 0 Å². The summed E-state index contributed by atoms with van der Waals surface area (Å²) in [5.74, 6) is 0. The standard InChI is InChI=1S/C6H8ClNS/c1-4(8)5-2-6(7)9-3-5/h2-4H,8H2,1H3/t4-/m1/s1. The molecule has 9 heavy (non-hydrogen) atoms. The number of rotatable bonds is 1. The molecule has 50 valence electrons. The zero-order valence-corrected chi connectivity index (χ0v) is 6.67. The first-order valence-corrected chi connectivity index (χ1v) is 3.95. The topological polar surface area (TPSA) is 26.0 Å². The highest BCUT2D eigenvalue weighted by Gasteiger charge is 2.00. The van der Waals surface area contributed by atoms with Crippen molar-refractivity contribution in [2.75, 3.05) is 0 Å². The normalized spacial score (nSPS) is 13.7. The summed E-state index contributed by atoms with van der Waals surface area (Å²) in [6.45, 7) is 1.94. The Morgan fingerprint density at radius 3 is 2.67 bits per heavy atom. The van der Waals surface area contributed by atoms with Gasteiger partial charge in [-0.15, -0.1) is 11.3 Å². The molecule has 1 atom stereocenters. The largest absolute Gasteiger partial charge is 0.324 e. The summed E-state index contributed by atoms with van der Waals surface area (Å²) in [5.41, 5.74) is 6.69. The Morgan fingerprint density at radius 2 is 2.44 bits per heavy atom. The van der Waals surface area contributed by atoms with Crippen LogP contribution in [0.1, 0.15) is 18.5 Å². The van der Waals surface area contributed by atoms with Crippen molar-refractivity contribution in [3.63, 3.8) is 0 Å². The Labute approximate surface area is 63.4 Å². The Kier molecular flexibility index (Phi) is 2.11. The SMILES string of the molecule is C[C@@H](N)c1csc(Cl)c1. The Hall–Kier alpha value is -0.0500. The lowest BCUT2D eigenvalue weighted by molar-refractivity contribution is 0.823. The predicted octanol–water partition coefficient (Wildman–Crippen LogP) is 2.42. The second-order valence-corrected chi connectivity index (χ2v) is 3.52. The van der Waals surface area contributed by atoms with Gasteiger partial charge in [-0.25, -0.2) is 0 Å². The van der Waals surface area contributed by atoms with E-state index in [4.69, 9.17) is 17.3 Å². The van der Waals surface area contributed by atoms with Gasteiger partial charge in [0.05, 0.1) is 4.34 Å². The maximum absolute atomic E-state index is 5.67. The van der Waals surface area contributed by atoms with Crippen molar-refractivity contribution in [1.82, 2.24) is 0 Å². The molecular weight excluding hydrogens is 154 g/mol. The van der Waals surface area contributed by atoms with Crippen LogP contribution in [-0.2, 0) is 0 Å². The molecule has 1 nitrogen and oxygen atoms in total. The molecule has 0 unspecified atom stereocenters. The quantitative estimate of drug-likeness (QED) is 0.673. The Morgan fingerprint density at radius 1 is 1.78 bits per heavy atom. The first kappa shape index (κ1) is 7.06. The summed E-state index contributed by atoms with van der Waals surface area (Å²) in [6, 6.07) is 2.01. The molecule has 0 bridgehead atoms. The third-order valence-electron chi connectivity index (χ3n) is 1.11. The van der Waals surface area contributed by atoms with Crippen molar-refractivity contribution in [3.8, 4) is 0 Å². The summed E-state index contributed by atoms with van der Waals surface area (Å²) < 4.78 is 0.808. The fourth-order valence-electron chi connectivity index (χ4n) is 0.562. The molecule has 0 aliphatic carbocycles. The molecule has 0 saturated heterocycles. The zero-order valence-electron chi connectivity index (χ0n) is 5.10. The number of hydrogen-bond donors (Lipinski definition) is 1. The highest BCUT2D eigenvalue weighted by atomic mass is 35.5. The molecule has 2 N–H and O–H groups in total. The van der Waals surface area contributed by atoms with Crippen LogP contribution in [0.15, 0.2) is 11.4 Å². The first-order chi connectivity index (χ1) is 4.20. The molecule has 1 heterocycles. The van der Waals surface area contributed by atoms with Gasteiger partial charge in [-0.3, -0.25) is 0 Å². The number of nitrogens with two attached hydrogens (primary N) is 1. The van der Waals surface area contributed by atoms with E-state index in [1.165, 1.54) is 11.3 Å². The van der Waals surface area contributed by atoms with Crippen LogP contribution in [0.25, 0.3) is 0 Å². The Bertz CT molecular complexity index is 195. The Balaban J connectivity index is 2.85. The molecule has 3 heteroatoms. The van der Waals surface area contributed by atoms with Crippen LogP contribution in [-0.4, -0.2) is 0 Å². The zero-order chi connectivity index (χ0) is 6.85. The molecule has 0 fully saturated rings. The third kappa shape index (κ3) is 1.68. The van der Waals surface area contributed by atoms with E-state index in [1.54, 1.807) is 0 Å². The van der Waals surface area contributed by atoms with Crippen molar-refractivity contribution in [2.24, 2.45) is 5.73 Å². The van der Waals surface area contributed by atoms with Gasteiger partial charge in [0.1, 0.15) is 0 Å². The van der Waals surface area contributed by atoms with E-state index in [9.17, 15) is 0 Å². The fraction of sp³-hybridized carbons (Fsp3) is 0.333. The van der Waals surface area contributed by atoms with Crippen LogP contribution < -0.4 is 5.73 Å². The van der Waals surface area contributed by atoms with Crippen LogP contribution in [0.3, 0.4) is 0 Å². The molecule has 0 saturated carbocycles. The first-order valence-electron chi connectivity index (χ1n) is 2.69. The van der Waals surface area contributed by atoms with Crippen LogP contribution in [0.2, 0.25) is 4.34 Å². The number of hydrogen-bond acceptors (Lipinski definition) is 2. The number of thiophene rings is 1. The van der Waals surface area contributed by atoms with Crippen LogP contribution in [0.5, 0.6) is 0 Å². The van der Waals surface area contributed by atoms with E-state index in [2.05, 4.69) is 0 Å². The molecule has 1 aromatic heterocycles. The second-order valence-electron chi connectivity index (χ2n) is 1.97. The highest BCUT2D eigenvalue weighted by molar-refractivity contribution is 7.14. The second kappa shape index (κ2) is 2.69. The minimum absolute atomic E-state index is 0.105. The minimum atomic E-state index is 0.105. The van der Waals surface area contributed by atoms with E-state index in [1.807, 2.05) is 18.4 Å². The molecule has 0 aromatic carbocycles. The summed E-state index contributed by atoms with van der Waals surface area (Å²) in [5, 5.41) is 1.98. The molecule has 0 radical (unpaired) electrons. The lowest BCUT2D eigenvalue weighted by Gasteiger charge is -1.97. The van der Waals surface area contributed by atoms with E-state index in [0.29, 0.717) is 0 Å². The monoisotopic (exact) mass is 161 g/mol. The molecule has 1 rings (SSSR count). The average molecular weight is 162 g/mol. The van der Waals surface area contributed by atoms with Crippen LogP contribution >= 0.6 is 22.9 Å². The smallest absolute Gasteiger partial charge is 0.0931 e. The van der Waals surface area contributed by atoms with Gasteiger partial charge in [-0.1, -0.05) is 11.6 Å². The lowest BCUT2D eigenvalue weighted by Crippen LogP contribution is -2.02. The van der Waals surface area contributed by atoms with Gasteiger partial charge in [0.25, 0.3) is 0 Å².